The van der Waals surface area contributed by atoms with Crippen molar-refractivity contribution >= 4 is 10.0 Å². The molecule has 0 aromatic heterocycles. The zero-order valence-corrected chi connectivity index (χ0v) is 21.9. The predicted molar refractivity (Wildman–Crippen MR) is 140 cm³/mol. The Balaban J connectivity index is 1.42. The largest absolute Gasteiger partial charge is 0.416 e. The molecule has 3 atom stereocenters. The van der Waals surface area contributed by atoms with Crippen LogP contribution in [0.2, 0.25) is 0 Å². The van der Waals surface area contributed by atoms with Gasteiger partial charge in [-0.1, -0.05) is 54.6 Å². The number of benzene rings is 3. The fourth-order valence-corrected chi connectivity index (χ4v) is 7.61. The first-order chi connectivity index (χ1) is 18.1. The highest BCUT2D eigenvalue weighted by Crippen LogP contribution is 2.43. The molecule has 2 aliphatic heterocycles. The number of fused-ring (bicyclic) bond motifs is 1. The van der Waals surface area contributed by atoms with Gasteiger partial charge in [0.1, 0.15) is 0 Å². The Bertz CT molecular complexity index is 1390. The Hall–Kier alpha value is -2.72. The molecular weight excluding hydrogens is 513 g/mol. The standard InChI is InChI=1S/C29H31F3N2O3S/c1-20-7-2-3-10-27(20)38(36,37)33-15-4-5-16-34-25(18-33)28(26(34)19-35)22-13-11-21(12-14-22)23-8-6-9-24(17-23)29(30,31)32/h2-3,6-14,17,25-26,28,35H,4-5,15-16,18-19H2,1H3/t25?,26-,28+/m1/s1. The minimum atomic E-state index is -4.41. The van der Waals surface area contributed by atoms with Gasteiger partial charge in [0.2, 0.25) is 10.0 Å². The van der Waals surface area contributed by atoms with Crippen LogP contribution in [0.4, 0.5) is 13.2 Å². The van der Waals surface area contributed by atoms with E-state index >= 15 is 0 Å². The van der Waals surface area contributed by atoms with Crippen LogP contribution in [0.25, 0.3) is 11.1 Å². The molecule has 0 spiro atoms. The fraction of sp³-hybridized carbons (Fsp3) is 0.379. The van der Waals surface area contributed by atoms with Crippen LogP contribution < -0.4 is 0 Å². The highest BCUT2D eigenvalue weighted by Gasteiger charge is 2.50. The van der Waals surface area contributed by atoms with Gasteiger partial charge in [0.05, 0.1) is 17.1 Å². The molecule has 1 N–H and O–H groups in total. The van der Waals surface area contributed by atoms with Crippen molar-refractivity contribution in [1.29, 1.82) is 0 Å². The molecule has 0 radical (unpaired) electrons. The molecule has 9 heteroatoms. The molecule has 0 saturated carbocycles. The first-order valence-corrected chi connectivity index (χ1v) is 14.3. The third-order valence-corrected chi connectivity index (χ3v) is 9.89. The second kappa shape index (κ2) is 10.4. The van der Waals surface area contributed by atoms with Crippen LogP contribution in [0, 0.1) is 6.92 Å². The molecule has 2 heterocycles. The molecule has 5 rings (SSSR count). The van der Waals surface area contributed by atoms with Gasteiger partial charge >= 0.3 is 6.18 Å². The lowest BCUT2D eigenvalue weighted by atomic mass is 9.74. The normalized spacial score (nSPS) is 23.2. The van der Waals surface area contributed by atoms with E-state index in [1.807, 2.05) is 18.2 Å². The molecule has 0 aliphatic carbocycles. The molecule has 0 amide bonds. The van der Waals surface area contributed by atoms with E-state index in [0.29, 0.717) is 34.7 Å². The van der Waals surface area contributed by atoms with E-state index in [4.69, 9.17) is 0 Å². The first kappa shape index (κ1) is 26.9. The van der Waals surface area contributed by atoms with Crippen molar-refractivity contribution in [2.45, 2.75) is 48.8 Å². The van der Waals surface area contributed by atoms with Crippen molar-refractivity contribution in [3.63, 3.8) is 0 Å². The van der Waals surface area contributed by atoms with Crippen molar-refractivity contribution < 1.29 is 26.7 Å². The molecular formula is C29H31F3N2O3S. The van der Waals surface area contributed by atoms with Crippen LogP contribution in [0.5, 0.6) is 0 Å². The predicted octanol–water partition coefficient (Wildman–Crippen LogP) is 5.29. The van der Waals surface area contributed by atoms with Gasteiger partial charge in [-0.3, -0.25) is 4.90 Å². The number of aryl methyl sites for hydroxylation is 1. The number of halogens is 3. The van der Waals surface area contributed by atoms with Crippen molar-refractivity contribution in [2.24, 2.45) is 0 Å². The summed E-state index contributed by atoms with van der Waals surface area (Å²) in [5, 5.41) is 10.2. The third kappa shape index (κ3) is 5.00. The molecule has 2 aliphatic rings. The average Bonchev–Trinajstić information content (AvgIpc) is 2.88. The Labute approximate surface area is 221 Å². The maximum atomic E-state index is 13.6. The van der Waals surface area contributed by atoms with Gasteiger partial charge < -0.3 is 5.11 Å². The van der Waals surface area contributed by atoms with E-state index in [1.165, 1.54) is 6.07 Å². The maximum Gasteiger partial charge on any atom is 0.416 e. The van der Waals surface area contributed by atoms with Crippen LogP contribution >= 0.6 is 0 Å². The van der Waals surface area contributed by atoms with Gasteiger partial charge in [0.25, 0.3) is 0 Å². The summed E-state index contributed by atoms with van der Waals surface area (Å²) in [6, 6.07) is 19.4. The number of nitrogens with zero attached hydrogens (tertiary/aromatic N) is 2. The van der Waals surface area contributed by atoms with Crippen molar-refractivity contribution in [3.8, 4) is 11.1 Å². The topological polar surface area (TPSA) is 60.9 Å². The molecule has 5 nitrogen and oxygen atoms in total. The van der Waals surface area contributed by atoms with Crippen LogP contribution in [0.1, 0.15) is 35.4 Å². The van der Waals surface area contributed by atoms with Crippen LogP contribution in [0.3, 0.4) is 0 Å². The maximum absolute atomic E-state index is 13.6. The molecule has 2 fully saturated rings. The number of aliphatic hydroxyl groups excluding tert-OH is 1. The zero-order chi connectivity index (χ0) is 27.1. The molecule has 38 heavy (non-hydrogen) atoms. The number of hydrogen-bond acceptors (Lipinski definition) is 4. The second-order valence-electron chi connectivity index (χ2n) is 10.1. The number of aliphatic hydroxyl groups is 1. The zero-order valence-electron chi connectivity index (χ0n) is 21.1. The molecule has 0 bridgehead atoms. The SMILES string of the molecule is Cc1ccccc1S(=O)(=O)N1CCCCN2C(C1)[C@H](c1ccc(-c3cccc(C(F)(F)F)c3)cc1)[C@H]2CO. The minimum Gasteiger partial charge on any atom is -0.395 e. The van der Waals surface area contributed by atoms with E-state index in [0.717, 1.165) is 37.1 Å². The fourth-order valence-electron chi connectivity index (χ4n) is 5.88. The summed E-state index contributed by atoms with van der Waals surface area (Å²) in [7, 11) is -3.69. The highest BCUT2D eigenvalue weighted by atomic mass is 32.2. The van der Waals surface area contributed by atoms with E-state index in [1.54, 1.807) is 47.6 Å². The summed E-state index contributed by atoms with van der Waals surface area (Å²) in [4.78, 5) is 2.51. The van der Waals surface area contributed by atoms with Gasteiger partial charge in [-0.05, 0) is 66.8 Å². The molecule has 3 aromatic rings. The van der Waals surface area contributed by atoms with Crippen molar-refractivity contribution in [1.82, 2.24) is 9.21 Å². The number of rotatable bonds is 5. The van der Waals surface area contributed by atoms with Gasteiger partial charge in [-0.25, -0.2) is 8.42 Å². The van der Waals surface area contributed by atoms with E-state index < -0.39 is 21.8 Å². The lowest BCUT2D eigenvalue weighted by Crippen LogP contribution is -2.67. The third-order valence-electron chi connectivity index (χ3n) is 7.86. The lowest BCUT2D eigenvalue weighted by Gasteiger charge is -2.57. The van der Waals surface area contributed by atoms with Crippen molar-refractivity contribution in [3.05, 3.63) is 89.5 Å². The van der Waals surface area contributed by atoms with Crippen LogP contribution in [0.15, 0.2) is 77.7 Å². The Morgan fingerprint density at radius 1 is 0.921 bits per heavy atom. The van der Waals surface area contributed by atoms with E-state index in [9.17, 15) is 26.7 Å². The monoisotopic (exact) mass is 544 g/mol. The van der Waals surface area contributed by atoms with Crippen molar-refractivity contribution in [2.75, 3.05) is 26.2 Å². The minimum absolute atomic E-state index is 0.0545. The average molecular weight is 545 g/mol. The second-order valence-corrected chi connectivity index (χ2v) is 12.0. The Morgan fingerprint density at radius 2 is 1.63 bits per heavy atom. The van der Waals surface area contributed by atoms with Crippen LogP contribution in [-0.2, 0) is 16.2 Å². The van der Waals surface area contributed by atoms with Gasteiger partial charge in [-0.2, -0.15) is 17.5 Å². The van der Waals surface area contributed by atoms with Gasteiger partial charge in [0.15, 0.2) is 0 Å². The smallest absolute Gasteiger partial charge is 0.395 e. The molecule has 2 saturated heterocycles. The molecule has 1 unspecified atom stereocenters. The number of sulfonamides is 1. The lowest BCUT2D eigenvalue weighted by molar-refractivity contribution is -0.137. The molecule has 3 aromatic carbocycles. The quantitative estimate of drug-likeness (QED) is 0.474. The van der Waals surface area contributed by atoms with Crippen LogP contribution in [-0.4, -0.2) is 61.1 Å². The van der Waals surface area contributed by atoms with E-state index in [-0.39, 0.29) is 24.6 Å². The summed E-state index contributed by atoms with van der Waals surface area (Å²) in [5.74, 6) is -0.0942. The summed E-state index contributed by atoms with van der Waals surface area (Å²) in [6.45, 7) is 3.27. The number of hydrogen-bond donors (Lipinski definition) is 1. The molecule has 202 valence electrons. The summed E-state index contributed by atoms with van der Waals surface area (Å²) in [5.41, 5.74) is 2.09. The number of alkyl halides is 3. The van der Waals surface area contributed by atoms with Gasteiger partial charge in [-0.15, -0.1) is 0 Å². The summed E-state index contributed by atoms with van der Waals surface area (Å²) in [6.07, 6.45) is -2.85. The van der Waals surface area contributed by atoms with Gasteiger partial charge in [0, 0.05) is 31.1 Å². The summed E-state index contributed by atoms with van der Waals surface area (Å²) < 4.78 is 68.4. The highest BCUT2D eigenvalue weighted by molar-refractivity contribution is 7.89. The summed E-state index contributed by atoms with van der Waals surface area (Å²) >= 11 is 0. The van der Waals surface area contributed by atoms with E-state index in [2.05, 4.69) is 4.90 Å². The first-order valence-electron chi connectivity index (χ1n) is 12.8. The Morgan fingerprint density at radius 3 is 2.32 bits per heavy atom. The Kier molecular flexibility index (Phi) is 7.39.